The summed E-state index contributed by atoms with van der Waals surface area (Å²) in [4.78, 5) is 13.6. The van der Waals surface area contributed by atoms with E-state index >= 15 is 0 Å². The Morgan fingerprint density at radius 3 is 2.60 bits per heavy atom. The molecule has 0 bridgehead atoms. The number of nitrogens with zero attached hydrogens (tertiary/aromatic N) is 1. The van der Waals surface area contributed by atoms with E-state index in [1.807, 2.05) is 0 Å². The Morgan fingerprint density at radius 1 is 1.60 bits per heavy atom. The van der Waals surface area contributed by atoms with Crippen LogP contribution in [0.15, 0.2) is 24.5 Å². The molecule has 3 nitrogen and oxygen atoms in total. The second-order valence-electron chi connectivity index (χ2n) is 1.53. The Morgan fingerprint density at radius 2 is 2.30 bits per heavy atom. The van der Waals surface area contributed by atoms with Crippen LogP contribution in [0.5, 0.6) is 0 Å². The van der Waals surface area contributed by atoms with Crippen molar-refractivity contribution in [2.75, 3.05) is 0 Å². The fourth-order valence-electron chi connectivity index (χ4n) is 0.484. The minimum absolute atomic E-state index is 0. The van der Waals surface area contributed by atoms with Crippen LogP contribution in [0.2, 0.25) is 0 Å². The van der Waals surface area contributed by atoms with Crippen LogP contribution in [0, 0.1) is 0 Å². The normalized spacial score (nSPS) is 8.00. The summed E-state index contributed by atoms with van der Waals surface area (Å²) < 4.78 is 0. The SMILES string of the molecule is O=C([O-])c1cccnc1.[K+]. The third kappa shape index (κ3) is 2.89. The Labute approximate surface area is 101 Å². The van der Waals surface area contributed by atoms with Crippen molar-refractivity contribution in [3.05, 3.63) is 30.1 Å². The van der Waals surface area contributed by atoms with Crippen molar-refractivity contribution in [1.82, 2.24) is 4.98 Å². The monoisotopic (exact) mass is 161 g/mol. The first kappa shape index (κ1) is 10.3. The van der Waals surface area contributed by atoms with Gasteiger partial charge in [0.15, 0.2) is 0 Å². The summed E-state index contributed by atoms with van der Waals surface area (Å²) in [5.74, 6) is -1.19. The molecule has 0 fully saturated rings. The number of hydrogen-bond acceptors (Lipinski definition) is 3. The van der Waals surface area contributed by atoms with Gasteiger partial charge >= 0.3 is 51.4 Å². The third-order valence-corrected chi connectivity index (χ3v) is 0.897. The van der Waals surface area contributed by atoms with E-state index in [1.165, 1.54) is 18.5 Å². The van der Waals surface area contributed by atoms with Crippen LogP contribution in [-0.4, -0.2) is 11.0 Å². The number of hydrogen-bond donors (Lipinski definition) is 0. The minimum Gasteiger partial charge on any atom is -0.545 e. The van der Waals surface area contributed by atoms with E-state index in [-0.39, 0.29) is 56.9 Å². The van der Waals surface area contributed by atoms with Gasteiger partial charge in [-0.3, -0.25) is 4.98 Å². The number of carbonyl (C=O) groups is 1. The summed E-state index contributed by atoms with van der Waals surface area (Å²) in [5.41, 5.74) is 0.109. The molecule has 0 saturated heterocycles. The van der Waals surface area contributed by atoms with Gasteiger partial charge < -0.3 is 9.90 Å². The first-order valence-electron chi connectivity index (χ1n) is 2.42. The molecule has 0 N–H and O–H groups in total. The van der Waals surface area contributed by atoms with E-state index < -0.39 is 5.97 Å². The van der Waals surface area contributed by atoms with Gasteiger partial charge in [0.1, 0.15) is 0 Å². The van der Waals surface area contributed by atoms with Crippen LogP contribution in [0.25, 0.3) is 0 Å². The van der Waals surface area contributed by atoms with E-state index in [2.05, 4.69) is 4.98 Å². The van der Waals surface area contributed by atoms with Crippen LogP contribution in [0.4, 0.5) is 0 Å². The van der Waals surface area contributed by atoms with Gasteiger partial charge in [0, 0.05) is 18.0 Å². The minimum atomic E-state index is -1.19. The average molecular weight is 161 g/mol. The fraction of sp³-hybridized carbons (Fsp3) is 0. The molecule has 0 aliphatic rings. The van der Waals surface area contributed by atoms with Crippen molar-refractivity contribution in [3.8, 4) is 0 Å². The third-order valence-electron chi connectivity index (χ3n) is 0.897. The van der Waals surface area contributed by atoms with E-state index in [0.29, 0.717) is 0 Å². The summed E-state index contributed by atoms with van der Waals surface area (Å²) in [6.45, 7) is 0. The number of rotatable bonds is 1. The molecular formula is C6H4KNO2. The molecule has 1 heterocycles. The van der Waals surface area contributed by atoms with Gasteiger partial charge in [-0.1, -0.05) is 6.07 Å². The average Bonchev–Trinajstić information content (AvgIpc) is 1.90. The van der Waals surface area contributed by atoms with Gasteiger partial charge in [-0.2, -0.15) is 0 Å². The van der Waals surface area contributed by atoms with Crippen molar-refractivity contribution in [3.63, 3.8) is 0 Å². The van der Waals surface area contributed by atoms with Gasteiger partial charge in [0.2, 0.25) is 0 Å². The predicted molar refractivity (Wildman–Crippen MR) is 28.6 cm³/mol. The molecule has 0 spiro atoms. The molecule has 0 aromatic carbocycles. The quantitative estimate of drug-likeness (QED) is 0.401. The molecule has 46 valence electrons. The van der Waals surface area contributed by atoms with E-state index in [0.717, 1.165) is 0 Å². The van der Waals surface area contributed by atoms with Gasteiger partial charge in [0.05, 0.1) is 5.97 Å². The van der Waals surface area contributed by atoms with Gasteiger partial charge in [0.25, 0.3) is 0 Å². The van der Waals surface area contributed by atoms with Gasteiger partial charge in [-0.25, -0.2) is 0 Å². The number of carboxylic acid groups (broad SMARTS) is 1. The Hall–Kier alpha value is 0.256. The summed E-state index contributed by atoms with van der Waals surface area (Å²) in [6.07, 6.45) is 2.75. The Bertz CT molecular complexity index is 212. The molecule has 1 rings (SSSR count). The Balaban J connectivity index is 0.000000810. The maximum Gasteiger partial charge on any atom is 1.00 e. The van der Waals surface area contributed by atoms with Crippen LogP contribution in [0.3, 0.4) is 0 Å². The molecule has 0 radical (unpaired) electrons. The molecule has 0 atom stereocenters. The van der Waals surface area contributed by atoms with Crippen molar-refractivity contribution < 1.29 is 61.3 Å². The molecule has 1 aromatic heterocycles. The molecule has 0 aliphatic heterocycles. The summed E-state index contributed by atoms with van der Waals surface area (Å²) >= 11 is 0. The zero-order chi connectivity index (χ0) is 6.69. The number of carbonyl (C=O) groups excluding carboxylic acids is 1. The summed E-state index contributed by atoms with van der Waals surface area (Å²) in [7, 11) is 0. The maximum atomic E-state index is 10.0. The summed E-state index contributed by atoms with van der Waals surface area (Å²) in [5, 5.41) is 10.0. The number of aromatic carboxylic acids is 1. The van der Waals surface area contributed by atoms with Gasteiger partial charge in [-0.15, -0.1) is 0 Å². The molecular weight excluding hydrogens is 157 g/mol. The van der Waals surface area contributed by atoms with Crippen LogP contribution >= 0.6 is 0 Å². The van der Waals surface area contributed by atoms with Crippen molar-refractivity contribution >= 4 is 5.97 Å². The standard InChI is InChI=1S/C6H5NO2.K/c8-6(9)5-2-1-3-7-4-5;/h1-4H,(H,8,9);/q;+1/p-1. The maximum absolute atomic E-state index is 10.0. The number of carboxylic acids is 1. The zero-order valence-corrected chi connectivity index (χ0v) is 8.70. The second-order valence-corrected chi connectivity index (χ2v) is 1.53. The number of aromatic nitrogens is 1. The van der Waals surface area contributed by atoms with Crippen LogP contribution in [-0.2, 0) is 0 Å². The van der Waals surface area contributed by atoms with Crippen molar-refractivity contribution in [1.29, 1.82) is 0 Å². The zero-order valence-electron chi connectivity index (χ0n) is 5.57. The molecule has 10 heavy (non-hydrogen) atoms. The molecule has 0 aliphatic carbocycles. The molecule has 4 heteroatoms. The topological polar surface area (TPSA) is 53.0 Å². The van der Waals surface area contributed by atoms with E-state index in [9.17, 15) is 9.90 Å². The molecule has 0 unspecified atom stereocenters. The first-order chi connectivity index (χ1) is 4.30. The Kier molecular flexibility index (Phi) is 5.11. The smallest absolute Gasteiger partial charge is 0.545 e. The van der Waals surface area contributed by atoms with Crippen molar-refractivity contribution in [2.45, 2.75) is 0 Å². The first-order valence-corrected chi connectivity index (χ1v) is 2.42. The van der Waals surface area contributed by atoms with Crippen molar-refractivity contribution in [2.24, 2.45) is 0 Å². The van der Waals surface area contributed by atoms with E-state index in [1.54, 1.807) is 6.07 Å². The largest absolute Gasteiger partial charge is 1.00 e. The number of pyridine rings is 1. The fourth-order valence-corrected chi connectivity index (χ4v) is 0.484. The van der Waals surface area contributed by atoms with E-state index in [4.69, 9.17) is 0 Å². The van der Waals surface area contributed by atoms with Crippen LogP contribution in [0.1, 0.15) is 10.4 Å². The molecule has 1 aromatic rings. The second kappa shape index (κ2) is 4.98. The molecule has 0 amide bonds. The predicted octanol–water partition coefficient (Wildman–Crippen LogP) is -3.55. The molecule has 0 saturated carbocycles. The van der Waals surface area contributed by atoms with Crippen LogP contribution < -0.4 is 56.5 Å². The van der Waals surface area contributed by atoms with Gasteiger partial charge in [-0.05, 0) is 6.07 Å². The summed E-state index contributed by atoms with van der Waals surface area (Å²) in [6, 6.07) is 2.98.